The predicted molar refractivity (Wildman–Crippen MR) is 108 cm³/mol. The third kappa shape index (κ3) is 4.41. The smallest absolute Gasteiger partial charge is 0.270 e. The monoisotopic (exact) mass is 448 g/mol. The summed E-state index contributed by atoms with van der Waals surface area (Å²) in [7, 11) is 1.46. The summed E-state index contributed by atoms with van der Waals surface area (Å²) in [5.74, 6) is 0.345. The number of hydrogen-bond donors (Lipinski definition) is 2. The molecule has 27 heavy (non-hydrogen) atoms. The highest BCUT2D eigenvalue weighted by atomic mass is 79.9. The van der Waals surface area contributed by atoms with Gasteiger partial charge < -0.3 is 9.84 Å². The van der Waals surface area contributed by atoms with Gasteiger partial charge in [0.2, 0.25) is 5.13 Å². The molecule has 0 saturated carbocycles. The Morgan fingerprint density at radius 1 is 1.41 bits per heavy atom. The van der Waals surface area contributed by atoms with Crippen LogP contribution in [0.25, 0.3) is 11.3 Å². The Bertz CT molecular complexity index is 1020. The van der Waals surface area contributed by atoms with Crippen molar-refractivity contribution in [3.8, 4) is 22.8 Å². The molecule has 0 spiro atoms. The van der Waals surface area contributed by atoms with Crippen LogP contribution in [0.1, 0.15) is 5.56 Å². The quantitative estimate of drug-likeness (QED) is 0.322. The number of hydrogen-bond acceptors (Lipinski definition) is 8. The SMILES string of the molecule is COc1cc(/C=N/Nc2nc(-c3cccc([N+](=O)[O-])c3)cs2)cc(Br)c1O. The van der Waals surface area contributed by atoms with Gasteiger partial charge in [0.15, 0.2) is 11.5 Å². The van der Waals surface area contributed by atoms with Gasteiger partial charge in [-0.3, -0.25) is 15.5 Å². The molecule has 0 aliphatic heterocycles. The number of nitro benzene ring substituents is 1. The topological polar surface area (TPSA) is 110 Å². The molecule has 1 heterocycles. The average Bonchev–Trinajstić information content (AvgIpc) is 3.13. The van der Waals surface area contributed by atoms with Crippen LogP contribution in [0.3, 0.4) is 0 Å². The lowest BCUT2D eigenvalue weighted by Gasteiger charge is -2.06. The molecule has 0 radical (unpaired) electrons. The molecular formula is C17H13BrN4O4S. The van der Waals surface area contributed by atoms with Crippen molar-refractivity contribution in [2.24, 2.45) is 5.10 Å². The molecule has 8 nitrogen and oxygen atoms in total. The van der Waals surface area contributed by atoms with Gasteiger partial charge in [0.05, 0.1) is 28.4 Å². The molecular weight excluding hydrogens is 436 g/mol. The molecule has 1 aromatic heterocycles. The van der Waals surface area contributed by atoms with Gasteiger partial charge in [0, 0.05) is 23.1 Å². The zero-order valence-corrected chi connectivity index (χ0v) is 16.3. The standard InChI is InChI=1S/C17H13BrN4O4S/c1-26-15-6-10(5-13(18)16(15)23)8-19-21-17-20-14(9-27-17)11-3-2-4-12(7-11)22(24)25/h2-9,23H,1H3,(H,20,21)/b19-8+. The molecule has 10 heteroatoms. The summed E-state index contributed by atoms with van der Waals surface area (Å²) in [4.78, 5) is 14.8. The van der Waals surface area contributed by atoms with Crippen molar-refractivity contribution in [1.29, 1.82) is 0 Å². The molecule has 0 aliphatic rings. The van der Waals surface area contributed by atoms with Gasteiger partial charge in [-0.1, -0.05) is 12.1 Å². The predicted octanol–water partition coefficient (Wildman–Crippen LogP) is 4.64. The molecule has 138 valence electrons. The van der Waals surface area contributed by atoms with Gasteiger partial charge in [0.1, 0.15) is 0 Å². The van der Waals surface area contributed by atoms with Crippen molar-refractivity contribution in [2.45, 2.75) is 0 Å². The Kier molecular flexibility index (Phi) is 5.67. The lowest BCUT2D eigenvalue weighted by molar-refractivity contribution is -0.384. The first-order chi connectivity index (χ1) is 13.0. The van der Waals surface area contributed by atoms with Crippen LogP contribution in [0.2, 0.25) is 0 Å². The highest BCUT2D eigenvalue weighted by Gasteiger charge is 2.10. The summed E-state index contributed by atoms with van der Waals surface area (Å²) in [5, 5.41) is 27.1. The highest BCUT2D eigenvalue weighted by Crippen LogP contribution is 2.34. The second-order valence-electron chi connectivity index (χ2n) is 5.27. The van der Waals surface area contributed by atoms with Crippen LogP contribution in [0.4, 0.5) is 10.8 Å². The van der Waals surface area contributed by atoms with Gasteiger partial charge in [-0.2, -0.15) is 5.10 Å². The maximum Gasteiger partial charge on any atom is 0.270 e. The van der Waals surface area contributed by atoms with Gasteiger partial charge in [-0.25, -0.2) is 4.98 Å². The lowest BCUT2D eigenvalue weighted by Crippen LogP contribution is -1.92. The van der Waals surface area contributed by atoms with E-state index in [1.807, 2.05) is 0 Å². The van der Waals surface area contributed by atoms with Crippen molar-refractivity contribution >= 4 is 44.3 Å². The van der Waals surface area contributed by atoms with Crippen LogP contribution in [0.15, 0.2) is 51.4 Å². The number of phenolic OH excluding ortho intramolecular Hbond substituents is 1. The Labute approximate surface area is 166 Å². The number of nitrogens with zero attached hydrogens (tertiary/aromatic N) is 3. The van der Waals surface area contributed by atoms with E-state index in [2.05, 4.69) is 31.4 Å². The number of methoxy groups -OCH3 is 1. The number of anilines is 1. The number of thiazole rings is 1. The van der Waals surface area contributed by atoms with E-state index in [1.54, 1.807) is 35.9 Å². The van der Waals surface area contributed by atoms with E-state index in [1.165, 1.54) is 30.6 Å². The summed E-state index contributed by atoms with van der Waals surface area (Å²) < 4.78 is 5.58. The Balaban J connectivity index is 1.73. The fourth-order valence-electron chi connectivity index (χ4n) is 2.22. The van der Waals surface area contributed by atoms with Crippen LogP contribution in [0.5, 0.6) is 11.5 Å². The second-order valence-corrected chi connectivity index (χ2v) is 6.98. The van der Waals surface area contributed by atoms with Crippen molar-refractivity contribution in [1.82, 2.24) is 4.98 Å². The largest absolute Gasteiger partial charge is 0.503 e. The number of halogens is 1. The number of rotatable bonds is 6. The first kappa shape index (κ1) is 18.8. The molecule has 3 rings (SSSR count). The van der Waals surface area contributed by atoms with E-state index in [9.17, 15) is 15.2 Å². The van der Waals surface area contributed by atoms with E-state index in [0.29, 0.717) is 32.2 Å². The summed E-state index contributed by atoms with van der Waals surface area (Å²) in [6.45, 7) is 0. The molecule has 0 bridgehead atoms. The van der Waals surface area contributed by atoms with Crippen LogP contribution >= 0.6 is 27.3 Å². The van der Waals surface area contributed by atoms with Crippen molar-refractivity contribution in [2.75, 3.05) is 12.5 Å². The lowest BCUT2D eigenvalue weighted by atomic mass is 10.1. The number of nitrogens with one attached hydrogen (secondary N) is 1. The van der Waals surface area contributed by atoms with E-state index >= 15 is 0 Å². The molecule has 0 fully saturated rings. The van der Waals surface area contributed by atoms with Gasteiger partial charge in [-0.05, 0) is 33.6 Å². The summed E-state index contributed by atoms with van der Waals surface area (Å²) in [5.41, 5.74) is 4.82. The van der Waals surface area contributed by atoms with Crippen molar-refractivity contribution in [3.05, 3.63) is 61.9 Å². The first-order valence-electron chi connectivity index (χ1n) is 7.54. The zero-order chi connectivity index (χ0) is 19.4. The van der Waals surface area contributed by atoms with Crippen LogP contribution in [-0.2, 0) is 0 Å². The van der Waals surface area contributed by atoms with E-state index in [0.717, 1.165) is 0 Å². The Hall–Kier alpha value is -2.98. The van der Waals surface area contributed by atoms with E-state index < -0.39 is 4.92 Å². The number of ether oxygens (including phenoxy) is 1. The van der Waals surface area contributed by atoms with Crippen LogP contribution < -0.4 is 10.2 Å². The molecule has 0 amide bonds. The number of hydrazone groups is 1. The molecule has 2 N–H and O–H groups in total. The van der Waals surface area contributed by atoms with Crippen molar-refractivity contribution < 1.29 is 14.8 Å². The fourth-order valence-corrected chi connectivity index (χ4v) is 3.35. The van der Waals surface area contributed by atoms with Crippen LogP contribution in [-0.4, -0.2) is 28.3 Å². The third-order valence-electron chi connectivity index (χ3n) is 3.50. The minimum Gasteiger partial charge on any atom is -0.503 e. The number of aromatic nitrogens is 1. The summed E-state index contributed by atoms with van der Waals surface area (Å²) >= 11 is 4.58. The van der Waals surface area contributed by atoms with Crippen molar-refractivity contribution in [3.63, 3.8) is 0 Å². The van der Waals surface area contributed by atoms with E-state index in [-0.39, 0.29) is 11.4 Å². The molecule has 0 atom stereocenters. The Morgan fingerprint density at radius 2 is 2.22 bits per heavy atom. The fraction of sp³-hybridized carbons (Fsp3) is 0.0588. The number of benzene rings is 2. The minimum atomic E-state index is -0.441. The first-order valence-corrected chi connectivity index (χ1v) is 9.21. The number of non-ortho nitro benzene ring substituents is 1. The average molecular weight is 449 g/mol. The van der Waals surface area contributed by atoms with Gasteiger partial charge in [-0.15, -0.1) is 11.3 Å². The molecule has 0 saturated heterocycles. The summed E-state index contributed by atoms with van der Waals surface area (Å²) in [6, 6.07) is 9.62. The molecule has 3 aromatic rings. The zero-order valence-electron chi connectivity index (χ0n) is 13.9. The molecule has 0 aliphatic carbocycles. The summed E-state index contributed by atoms with van der Waals surface area (Å²) in [6.07, 6.45) is 1.56. The Morgan fingerprint density at radius 3 is 2.96 bits per heavy atom. The minimum absolute atomic E-state index is 0.0138. The maximum atomic E-state index is 10.9. The molecule has 2 aromatic carbocycles. The molecule has 0 unspecified atom stereocenters. The van der Waals surface area contributed by atoms with Gasteiger partial charge in [0.25, 0.3) is 5.69 Å². The normalized spacial score (nSPS) is 10.9. The highest BCUT2D eigenvalue weighted by molar-refractivity contribution is 9.10. The number of aromatic hydroxyl groups is 1. The van der Waals surface area contributed by atoms with Crippen LogP contribution in [0, 0.1) is 10.1 Å². The number of nitro groups is 1. The van der Waals surface area contributed by atoms with Gasteiger partial charge >= 0.3 is 0 Å². The number of phenols is 1. The maximum absolute atomic E-state index is 10.9. The second kappa shape index (κ2) is 8.14. The third-order valence-corrected chi connectivity index (χ3v) is 4.85. The van der Waals surface area contributed by atoms with E-state index in [4.69, 9.17) is 4.74 Å².